The fourth-order valence-corrected chi connectivity index (χ4v) is 1.40. The van der Waals surface area contributed by atoms with Gasteiger partial charge in [-0.1, -0.05) is 13.8 Å². The van der Waals surface area contributed by atoms with Gasteiger partial charge in [0.15, 0.2) is 0 Å². The van der Waals surface area contributed by atoms with E-state index in [1.54, 1.807) is 6.26 Å². The van der Waals surface area contributed by atoms with Crippen LogP contribution in [0.4, 0.5) is 0 Å². The summed E-state index contributed by atoms with van der Waals surface area (Å²) in [7, 11) is 0. The van der Waals surface area contributed by atoms with Crippen LogP contribution < -0.4 is 10.6 Å². The van der Waals surface area contributed by atoms with E-state index < -0.39 is 0 Å². The fraction of sp³-hybridized carbons (Fsp3) is 0.615. The van der Waals surface area contributed by atoms with E-state index in [9.17, 15) is 4.79 Å². The lowest BCUT2D eigenvalue weighted by Crippen LogP contribution is -2.30. The molecule has 1 rings (SSSR count). The molecule has 2 N–H and O–H groups in total. The number of rotatable bonds is 7. The standard InChI is InChI=1S/C13H22N2O2/c1-10(2)8-15-13(16)4-6-14-9-12-11(3)5-7-17-12/h5,7,10,14H,4,6,8-9H2,1-3H3,(H,15,16). The topological polar surface area (TPSA) is 54.3 Å². The van der Waals surface area contributed by atoms with Crippen LogP contribution in [0, 0.1) is 12.8 Å². The van der Waals surface area contributed by atoms with Crippen molar-refractivity contribution in [2.75, 3.05) is 13.1 Å². The van der Waals surface area contributed by atoms with Crippen LogP contribution in [-0.2, 0) is 11.3 Å². The van der Waals surface area contributed by atoms with Gasteiger partial charge in [0, 0.05) is 19.5 Å². The molecule has 0 aliphatic heterocycles. The van der Waals surface area contributed by atoms with Crippen LogP contribution in [0.2, 0.25) is 0 Å². The molecule has 0 aliphatic rings. The second-order valence-corrected chi connectivity index (χ2v) is 4.65. The molecule has 0 aliphatic carbocycles. The maximum absolute atomic E-state index is 11.4. The summed E-state index contributed by atoms with van der Waals surface area (Å²) in [4.78, 5) is 11.4. The number of carbonyl (C=O) groups is 1. The summed E-state index contributed by atoms with van der Waals surface area (Å²) in [6, 6.07) is 1.94. The molecular formula is C13H22N2O2. The monoisotopic (exact) mass is 238 g/mol. The Morgan fingerprint density at radius 3 is 2.82 bits per heavy atom. The van der Waals surface area contributed by atoms with Crippen LogP contribution in [0.1, 0.15) is 31.6 Å². The number of hydrogen-bond acceptors (Lipinski definition) is 3. The Labute approximate surface area is 103 Å². The van der Waals surface area contributed by atoms with Gasteiger partial charge in [0.1, 0.15) is 5.76 Å². The Kier molecular flexibility index (Phi) is 5.77. The second kappa shape index (κ2) is 7.12. The maximum atomic E-state index is 11.4. The molecule has 0 atom stereocenters. The van der Waals surface area contributed by atoms with Gasteiger partial charge in [-0.25, -0.2) is 0 Å². The van der Waals surface area contributed by atoms with Crippen molar-refractivity contribution in [3.8, 4) is 0 Å². The molecule has 0 saturated heterocycles. The molecule has 0 aromatic carbocycles. The molecule has 0 radical (unpaired) electrons. The van der Waals surface area contributed by atoms with E-state index in [0.717, 1.165) is 17.9 Å². The Balaban J connectivity index is 2.08. The van der Waals surface area contributed by atoms with Gasteiger partial charge >= 0.3 is 0 Å². The molecule has 0 spiro atoms. The first kappa shape index (κ1) is 13.8. The summed E-state index contributed by atoms with van der Waals surface area (Å²) < 4.78 is 5.29. The third-order valence-corrected chi connectivity index (χ3v) is 2.49. The van der Waals surface area contributed by atoms with E-state index >= 15 is 0 Å². The van der Waals surface area contributed by atoms with Crippen molar-refractivity contribution in [2.45, 2.75) is 33.7 Å². The number of furan rings is 1. The predicted octanol–water partition coefficient (Wildman–Crippen LogP) is 1.84. The highest BCUT2D eigenvalue weighted by Gasteiger charge is 2.03. The van der Waals surface area contributed by atoms with Gasteiger partial charge in [-0.2, -0.15) is 0 Å². The molecule has 1 amide bonds. The Bertz CT molecular complexity index is 345. The van der Waals surface area contributed by atoms with E-state index in [1.165, 1.54) is 0 Å². The summed E-state index contributed by atoms with van der Waals surface area (Å²) in [6.45, 7) is 8.27. The molecule has 0 saturated carbocycles. The van der Waals surface area contributed by atoms with Gasteiger partial charge in [0.25, 0.3) is 0 Å². The Hall–Kier alpha value is -1.29. The highest BCUT2D eigenvalue weighted by molar-refractivity contribution is 5.76. The van der Waals surface area contributed by atoms with Crippen LogP contribution in [0.15, 0.2) is 16.7 Å². The molecular weight excluding hydrogens is 216 g/mol. The molecule has 0 bridgehead atoms. The smallest absolute Gasteiger partial charge is 0.221 e. The molecule has 1 aromatic heterocycles. The van der Waals surface area contributed by atoms with Crippen LogP contribution in [-0.4, -0.2) is 19.0 Å². The summed E-state index contributed by atoms with van der Waals surface area (Å²) in [5.41, 5.74) is 1.14. The number of nitrogens with one attached hydrogen (secondary N) is 2. The van der Waals surface area contributed by atoms with Crippen molar-refractivity contribution in [1.29, 1.82) is 0 Å². The molecule has 1 heterocycles. The van der Waals surface area contributed by atoms with E-state index in [4.69, 9.17) is 4.42 Å². The van der Waals surface area contributed by atoms with E-state index in [1.807, 2.05) is 13.0 Å². The van der Waals surface area contributed by atoms with Gasteiger partial charge < -0.3 is 15.1 Å². The highest BCUT2D eigenvalue weighted by atomic mass is 16.3. The molecule has 1 aromatic rings. The Morgan fingerprint density at radius 2 is 2.24 bits per heavy atom. The number of amides is 1. The summed E-state index contributed by atoms with van der Waals surface area (Å²) in [5, 5.41) is 6.08. The van der Waals surface area contributed by atoms with Gasteiger partial charge in [-0.3, -0.25) is 4.79 Å². The minimum absolute atomic E-state index is 0.0994. The zero-order valence-electron chi connectivity index (χ0n) is 10.9. The van der Waals surface area contributed by atoms with Crippen molar-refractivity contribution < 1.29 is 9.21 Å². The largest absolute Gasteiger partial charge is 0.468 e. The number of hydrogen-bond donors (Lipinski definition) is 2. The van der Waals surface area contributed by atoms with Crippen LogP contribution >= 0.6 is 0 Å². The third-order valence-electron chi connectivity index (χ3n) is 2.49. The van der Waals surface area contributed by atoms with Crippen LogP contribution in [0.3, 0.4) is 0 Å². The zero-order chi connectivity index (χ0) is 12.7. The van der Waals surface area contributed by atoms with Crippen molar-refractivity contribution in [2.24, 2.45) is 5.92 Å². The van der Waals surface area contributed by atoms with Gasteiger partial charge in [-0.05, 0) is 24.5 Å². The normalized spacial score (nSPS) is 10.8. The van der Waals surface area contributed by atoms with E-state index in [2.05, 4.69) is 24.5 Å². The number of aryl methyl sites for hydroxylation is 1. The second-order valence-electron chi connectivity index (χ2n) is 4.65. The average Bonchev–Trinajstić information content (AvgIpc) is 2.68. The van der Waals surface area contributed by atoms with Gasteiger partial charge in [0.05, 0.1) is 12.8 Å². The van der Waals surface area contributed by atoms with Crippen molar-refractivity contribution in [3.63, 3.8) is 0 Å². The maximum Gasteiger partial charge on any atom is 0.221 e. The van der Waals surface area contributed by atoms with E-state index in [-0.39, 0.29) is 5.91 Å². The van der Waals surface area contributed by atoms with Crippen molar-refractivity contribution in [3.05, 3.63) is 23.7 Å². The average molecular weight is 238 g/mol. The fourth-order valence-electron chi connectivity index (χ4n) is 1.40. The minimum Gasteiger partial charge on any atom is -0.468 e. The lowest BCUT2D eigenvalue weighted by Gasteiger charge is -2.07. The summed E-state index contributed by atoms with van der Waals surface area (Å²) in [5.74, 6) is 1.53. The molecule has 4 heteroatoms. The highest BCUT2D eigenvalue weighted by Crippen LogP contribution is 2.07. The quantitative estimate of drug-likeness (QED) is 0.713. The first-order valence-electron chi connectivity index (χ1n) is 6.10. The molecule has 96 valence electrons. The predicted molar refractivity (Wildman–Crippen MR) is 67.6 cm³/mol. The first-order chi connectivity index (χ1) is 8.09. The van der Waals surface area contributed by atoms with Crippen molar-refractivity contribution in [1.82, 2.24) is 10.6 Å². The minimum atomic E-state index is 0.0994. The zero-order valence-corrected chi connectivity index (χ0v) is 10.9. The lowest BCUT2D eigenvalue weighted by atomic mass is 10.2. The Morgan fingerprint density at radius 1 is 1.47 bits per heavy atom. The lowest BCUT2D eigenvalue weighted by molar-refractivity contribution is -0.121. The first-order valence-corrected chi connectivity index (χ1v) is 6.10. The van der Waals surface area contributed by atoms with Crippen LogP contribution in [0.5, 0.6) is 0 Å². The van der Waals surface area contributed by atoms with Crippen molar-refractivity contribution >= 4 is 5.91 Å². The molecule has 4 nitrogen and oxygen atoms in total. The van der Waals surface area contributed by atoms with Crippen LogP contribution in [0.25, 0.3) is 0 Å². The summed E-state index contributed by atoms with van der Waals surface area (Å²) in [6.07, 6.45) is 2.19. The molecule has 0 fully saturated rings. The van der Waals surface area contributed by atoms with Gasteiger partial charge in [-0.15, -0.1) is 0 Å². The third kappa shape index (κ3) is 5.54. The number of carbonyl (C=O) groups excluding carboxylic acids is 1. The molecule has 0 unspecified atom stereocenters. The van der Waals surface area contributed by atoms with E-state index in [0.29, 0.717) is 25.4 Å². The van der Waals surface area contributed by atoms with Gasteiger partial charge in [0.2, 0.25) is 5.91 Å². The summed E-state index contributed by atoms with van der Waals surface area (Å²) >= 11 is 0. The molecule has 17 heavy (non-hydrogen) atoms. The SMILES string of the molecule is Cc1ccoc1CNCCC(=O)NCC(C)C.